The second-order valence-electron chi connectivity index (χ2n) is 5.09. The molecule has 0 aliphatic heterocycles. The number of nitrogens with zero attached hydrogens (tertiary/aromatic N) is 1. The summed E-state index contributed by atoms with van der Waals surface area (Å²) >= 11 is 0. The molecule has 1 aromatic heterocycles. The first kappa shape index (κ1) is 14.5. The minimum Gasteiger partial charge on any atom is -0.505 e. The lowest BCUT2D eigenvalue weighted by atomic mass is 10.0. The predicted molar refractivity (Wildman–Crippen MR) is 71.5 cm³/mol. The maximum atomic E-state index is 11.9. The van der Waals surface area contributed by atoms with Crippen LogP contribution in [0, 0.1) is 5.92 Å². The molecule has 0 bridgehead atoms. The first-order valence-electron chi connectivity index (χ1n) is 6.44. The summed E-state index contributed by atoms with van der Waals surface area (Å²) in [6.07, 6.45) is 5.99. The molecule has 0 aliphatic carbocycles. The number of hydrogen-bond donors (Lipinski definition) is 2. The van der Waals surface area contributed by atoms with Crippen molar-refractivity contribution >= 4 is 5.91 Å². The van der Waals surface area contributed by atoms with E-state index in [0.29, 0.717) is 5.92 Å². The van der Waals surface area contributed by atoms with Gasteiger partial charge in [0.05, 0.1) is 11.8 Å². The van der Waals surface area contributed by atoms with Gasteiger partial charge in [0.1, 0.15) is 5.75 Å². The molecule has 0 saturated heterocycles. The Balaban J connectivity index is 2.43. The van der Waals surface area contributed by atoms with Crippen LogP contribution in [-0.4, -0.2) is 22.0 Å². The minimum absolute atomic E-state index is 0.0793. The number of hydrogen-bond acceptors (Lipinski definition) is 3. The zero-order chi connectivity index (χ0) is 13.5. The zero-order valence-corrected chi connectivity index (χ0v) is 11.3. The molecule has 2 N–H and O–H groups in total. The molecule has 0 radical (unpaired) electrons. The highest BCUT2D eigenvalue weighted by Crippen LogP contribution is 2.14. The van der Waals surface area contributed by atoms with Crippen LogP contribution in [0.2, 0.25) is 0 Å². The van der Waals surface area contributed by atoms with Crippen molar-refractivity contribution in [3.63, 3.8) is 0 Å². The first-order chi connectivity index (χ1) is 8.50. The molecule has 100 valence electrons. The van der Waals surface area contributed by atoms with Gasteiger partial charge in [0.2, 0.25) is 0 Å². The number of aromatic nitrogens is 1. The number of aromatic hydroxyl groups is 1. The van der Waals surface area contributed by atoms with Crippen LogP contribution in [0.1, 0.15) is 50.4 Å². The van der Waals surface area contributed by atoms with Crippen LogP contribution in [0.25, 0.3) is 0 Å². The lowest BCUT2D eigenvalue weighted by Gasteiger charge is -2.14. The quantitative estimate of drug-likeness (QED) is 0.816. The van der Waals surface area contributed by atoms with Crippen molar-refractivity contribution in [3.05, 3.63) is 24.0 Å². The summed E-state index contributed by atoms with van der Waals surface area (Å²) in [5.41, 5.74) is 0.278. The molecule has 1 aromatic rings. The number of carbonyl (C=O) groups excluding carboxylic acids is 1. The Hall–Kier alpha value is -1.58. The molecule has 1 rings (SSSR count). The topological polar surface area (TPSA) is 62.2 Å². The molecular weight excluding hydrogens is 228 g/mol. The molecule has 1 unspecified atom stereocenters. The van der Waals surface area contributed by atoms with Gasteiger partial charge in [-0.2, -0.15) is 0 Å². The standard InChI is InChI=1S/C14H22N2O2/c1-10(2)5-4-6-11(3)16-14(18)12-7-8-15-9-13(12)17/h7-11,17H,4-6H2,1-3H3,(H,16,18). The molecule has 0 aliphatic rings. The molecule has 0 aromatic carbocycles. The smallest absolute Gasteiger partial charge is 0.255 e. The Morgan fingerprint density at radius 1 is 1.39 bits per heavy atom. The van der Waals surface area contributed by atoms with Gasteiger partial charge in [-0.25, -0.2) is 0 Å². The number of carbonyl (C=O) groups is 1. The fraction of sp³-hybridized carbons (Fsp3) is 0.571. The highest BCUT2D eigenvalue weighted by Gasteiger charge is 2.13. The molecule has 18 heavy (non-hydrogen) atoms. The average molecular weight is 250 g/mol. The summed E-state index contributed by atoms with van der Waals surface area (Å²) in [7, 11) is 0. The van der Waals surface area contributed by atoms with Crippen LogP contribution in [0.4, 0.5) is 0 Å². The van der Waals surface area contributed by atoms with Gasteiger partial charge in [0.15, 0.2) is 0 Å². The fourth-order valence-electron chi connectivity index (χ4n) is 1.78. The molecule has 1 heterocycles. The van der Waals surface area contributed by atoms with Gasteiger partial charge in [-0.3, -0.25) is 9.78 Å². The van der Waals surface area contributed by atoms with Gasteiger partial charge >= 0.3 is 0 Å². The van der Waals surface area contributed by atoms with Crippen LogP contribution < -0.4 is 5.32 Å². The van der Waals surface area contributed by atoms with Crippen LogP contribution in [0.3, 0.4) is 0 Å². The molecule has 0 fully saturated rings. The maximum Gasteiger partial charge on any atom is 0.255 e. The maximum absolute atomic E-state index is 11.9. The Kier molecular flexibility index (Phi) is 5.62. The summed E-state index contributed by atoms with van der Waals surface area (Å²) < 4.78 is 0. The van der Waals surface area contributed by atoms with Gasteiger partial charge in [-0.1, -0.05) is 26.7 Å². The summed E-state index contributed by atoms with van der Waals surface area (Å²) in [5.74, 6) is 0.369. The van der Waals surface area contributed by atoms with Crippen molar-refractivity contribution in [3.8, 4) is 5.75 Å². The number of rotatable bonds is 6. The summed E-state index contributed by atoms with van der Waals surface area (Å²) in [6, 6.07) is 1.63. The molecule has 1 atom stereocenters. The van der Waals surface area contributed by atoms with E-state index >= 15 is 0 Å². The van der Waals surface area contributed by atoms with Crippen molar-refractivity contribution < 1.29 is 9.90 Å². The summed E-state index contributed by atoms with van der Waals surface area (Å²) in [4.78, 5) is 15.6. The fourth-order valence-corrected chi connectivity index (χ4v) is 1.78. The Morgan fingerprint density at radius 3 is 2.72 bits per heavy atom. The monoisotopic (exact) mass is 250 g/mol. The van der Waals surface area contributed by atoms with Crippen LogP contribution in [0.15, 0.2) is 18.5 Å². The summed E-state index contributed by atoms with van der Waals surface area (Å²) in [5, 5.41) is 12.4. The second kappa shape index (κ2) is 6.99. The third kappa shape index (κ3) is 4.73. The first-order valence-corrected chi connectivity index (χ1v) is 6.44. The Bertz CT molecular complexity index is 391. The van der Waals surface area contributed by atoms with E-state index in [-0.39, 0.29) is 23.3 Å². The number of pyridine rings is 1. The van der Waals surface area contributed by atoms with Crippen molar-refractivity contribution in [2.75, 3.05) is 0 Å². The van der Waals surface area contributed by atoms with Gasteiger partial charge in [-0.15, -0.1) is 0 Å². The number of amides is 1. The van der Waals surface area contributed by atoms with E-state index in [2.05, 4.69) is 24.1 Å². The van der Waals surface area contributed by atoms with Crippen molar-refractivity contribution in [2.24, 2.45) is 5.92 Å². The lowest BCUT2D eigenvalue weighted by molar-refractivity contribution is 0.0935. The minimum atomic E-state index is -0.244. The van der Waals surface area contributed by atoms with E-state index in [9.17, 15) is 9.90 Å². The second-order valence-corrected chi connectivity index (χ2v) is 5.09. The number of nitrogens with one attached hydrogen (secondary N) is 1. The third-order valence-corrected chi connectivity index (χ3v) is 2.84. The molecule has 4 heteroatoms. The normalized spacial score (nSPS) is 12.4. The van der Waals surface area contributed by atoms with Crippen molar-refractivity contribution in [1.82, 2.24) is 10.3 Å². The molecular formula is C14H22N2O2. The Labute approximate surface area is 108 Å². The summed E-state index contributed by atoms with van der Waals surface area (Å²) in [6.45, 7) is 6.37. The lowest BCUT2D eigenvalue weighted by Crippen LogP contribution is -2.32. The zero-order valence-electron chi connectivity index (χ0n) is 11.3. The van der Waals surface area contributed by atoms with Crippen molar-refractivity contribution in [1.29, 1.82) is 0 Å². The SMILES string of the molecule is CC(C)CCCC(C)NC(=O)c1ccncc1O. The van der Waals surface area contributed by atoms with Crippen LogP contribution in [0.5, 0.6) is 5.75 Å². The van der Waals surface area contributed by atoms with Gasteiger partial charge in [0, 0.05) is 12.2 Å². The van der Waals surface area contributed by atoms with Gasteiger partial charge in [0.25, 0.3) is 5.91 Å². The van der Waals surface area contributed by atoms with E-state index in [1.165, 1.54) is 24.9 Å². The molecule has 1 amide bonds. The van der Waals surface area contributed by atoms with Gasteiger partial charge in [-0.05, 0) is 25.3 Å². The van der Waals surface area contributed by atoms with E-state index in [4.69, 9.17) is 0 Å². The molecule has 0 saturated carbocycles. The molecule has 0 spiro atoms. The third-order valence-electron chi connectivity index (χ3n) is 2.84. The molecule has 4 nitrogen and oxygen atoms in total. The van der Waals surface area contributed by atoms with E-state index in [1.807, 2.05) is 6.92 Å². The van der Waals surface area contributed by atoms with E-state index < -0.39 is 0 Å². The Morgan fingerprint density at radius 2 is 2.11 bits per heavy atom. The average Bonchev–Trinajstić information content (AvgIpc) is 2.28. The van der Waals surface area contributed by atoms with Crippen LogP contribution in [-0.2, 0) is 0 Å². The highest BCUT2D eigenvalue weighted by atomic mass is 16.3. The highest BCUT2D eigenvalue weighted by molar-refractivity contribution is 5.96. The van der Waals surface area contributed by atoms with E-state index in [1.54, 1.807) is 0 Å². The largest absolute Gasteiger partial charge is 0.505 e. The van der Waals surface area contributed by atoms with Crippen molar-refractivity contribution in [2.45, 2.75) is 46.1 Å². The predicted octanol–water partition coefficient (Wildman–Crippen LogP) is 2.73. The van der Waals surface area contributed by atoms with Crippen LogP contribution >= 0.6 is 0 Å². The van der Waals surface area contributed by atoms with E-state index in [0.717, 1.165) is 12.8 Å². The van der Waals surface area contributed by atoms with Gasteiger partial charge < -0.3 is 10.4 Å².